The second-order valence-corrected chi connectivity index (χ2v) is 16.1. The van der Waals surface area contributed by atoms with Gasteiger partial charge in [-0.15, -0.1) is 0 Å². The van der Waals surface area contributed by atoms with Gasteiger partial charge in [0, 0.05) is 10.0 Å². The van der Waals surface area contributed by atoms with Crippen molar-refractivity contribution >= 4 is 35.4 Å². The van der Waals surface area contributed by atoms with Gasteiger partial charge >= 0.3 is 19.4 Å². The van der Waals surface area contributed by atoms with Gasteiger partial charge in [0.25, 0.3) is 0 Å². The number of benzene rings is 1. The standard InChI is InChI=1S/C32H45BrNO8P/c1-19(2)25-13-7-21(5)17-28(25)41-43(38,42-29-18-22(6)8-14-26(29)20(3)4)32(23-9-11-24(33)12-10-23)40-31(35)27-15-16-30(39-27)34(36)37/h9-12,15-16,19-22,25-26,28-29,32H,7-8,13-14,17-18H2,1-6H3/t21-,22-,25-,26-,28-,29-,32+/m1/s1. The van der Waals surface area contributed by atoms with Crippen LogP contribution in [0.4, 0.5) is 5.88 Å². The third-order valence-corrected chi connectivity index (χ3v) is 11.8. The second-order valence-electron chi connectivity index (χ2n) is 13.2. The van der Waals surface area contributed by atoms with E-state index in [4.69, 9.17) is 18.2 Å². The fourth-order valence-corrected chi connectivity index (χ4v) is 9.16. The summed E-state index contributed by atoms with van der Waals surface area (Å²) in [7, 11) is -4.23. The molecule has 2 aromatic rings. The maximum atomic E-state index is 15.5. The lowest BCUT2D eigenvalue weighted by Gasteiger charge is -2.43. The van der Waals surface area contributed by atoms with Crippen molar-refractivity contribution in [3.05, 3.63) is 62.3 Å². The van der Waals surface area contributed by atoms with Crippen molar-refractivity contribution in [2.45, 2.75) is 98.1 Å². The molecule has 43 heavy (non-hydrogen) atoms. The molecule has 1 aromatic heterocycles. The third-order valence-electron chi connectivity index (χ3n) is 9.12. The SMILES string of the molecule is CC(C)[C@H]1CC[C@@H](C)C[C@H]1OP(=O)(O[C@@H]1C[C@H](C)CC[C@@H]1C(C)C)[C@H](OC(=O)c1ccc([N+](=O)[O-])o1)c1ccc(Br)cc1. The van der Waals surface area contributed by atoms with Crippen LogP contribution in [0, 0.1) is 45.6 Å². The van der Waals surface area contributed by atoms with Gasteiger partial charge in [-0.3, -0.25) is 14.7 Å². The predicted molar refractivity (Wildman–Crippen MR) is 168 cm³/mol. The summed E-state index contributed by atoms with van der Waals surface area (Å²) in [6.45, 7) is 12.9. The molecule has 0 amide bonds. The molecule has 0 bridgehead atoms. The Kier molecular flexibility index (Phi) is 11.3. The summed E-state index contributed by atoms with van der Waals surface area (Å²) >= 11 is 3.45. The van der Waals surface area contributed by atoms with Crippen LogP contribution in [0.25, 0.3) is 0 Å². The number of halogens is 1. The average molecular weight is 683 g/mol. The quantitative estimate of drug-likeness (QED) is 0.0995. The van der Waals surface area contributed by atoms with E-state index in [9.17, 15) is 14.9 Å². The minimum atomic E-state index is -4.23. The van der Waals surface area contributed by atoms with Gasteiger partial charge in [0.05, 0.1) is 18.3 Å². The molecule has 238 valence electrons. The molecule has 4 rings (SSSR count). The molecule has 0 N–H and O–H groups in total. The number of carbonyl (C=O) groups excluding carboxylic acids is 1. The molecule has 0 unspecified atom stereocenters. The molecule has 11 heteroatoms. The Morgan fingerprint density at radius 1 is 0.907 bits per heavy atom. The normalized spacial score (nSPS) is 27.3. The summed E-state index contributed by atoms with van der Waals surface area (Å²) < 4.78 is 40.8. The molecule has 7 atom stereocenters. The number of nitrogens with zero attached hydrogens (tertiary/aromatic N) is 1. The van der Waals surface area contributed by atoms with Gasteiger partial charge in [-0.05, 0) is 79.4 Å². The van der Waals surface area contributed by atoms with Gasteiger partial charge in [-0.25, -0.2) is 4.79 Å². The van der Waals surface area contributed by atoms with Crippen LogP contribution in [-0.4, -0.2) is 23.1 Å². The Labute approximate surface area is 263 Å². The molecular weight excluding hydrogens is 637 g/mol. The Hall–Kier alpha value is -2.00. The minimum Gasteiger partial charge on any atom is -0.438 e. The molecule has 2 fully saturated rings. The largest absolute Gasteiger partial charge is 0.438 e. The Morgan fingerprint density at radius 3 is 1.86 bits per heavy atom. The van der Waals surface area contributed by atoms with Crippen molar-refractivity contribution < 1.29 is 32.5 Å². The minimum absolute atomic E-state index is 0.160. The molecule has 0 aliphatic heterocycles. The zero-order chi connectivity index (χ0) is 31.5. The summed E-state index contributed by atoms with van der Waals surface area (Å²) in [5.74, 6) is -1.68. The van der Waals surface area contributed by atoms with Gasteiger partial charge in [-0.2, -0.15) is 0 Å². The van der Waals surface area contributed by atoms with Crippen molar-refractivity contribution in [2.75, 3.05) is 0 Å². The summed E-state index contributed by atoms with van der Waals surface area (Å²) in [6, 6.07) is 9.26. The van der Waals surface area contributed by atoms with E-state index < -0.39 is 30.2 Å². The predicted octanol–water partition coefficient (Wildman–Crippen LogP) is 9.95. The molecule has 2 aliphatic carbocycles. The molecule has 0 radical (unpaired) electrons. The first-order valence-electron chi connectivity index (χ1n) is 15.4. The van der Waals surface area contributed by atoms with Crippen LogP contribution in [0.2, 0.25) is 0 Å². The van der Waals surface area contributed by atoms with Crippen LogP contribution in [0.5, 0.6) is 0 Å². The summed E-state index contributed by atoms with van der Waals surface area (Å²) in [6.07, 6.45) is 4.74. The van der Waals surface area contributed by atoms with Crippen LogP contribution in [0.3, 0.4) is 0 Å². The first kappa shape index (κ1) is 33.9. The monoisotopic (exact) mass is 681 g/mol. The van der Waals surface area contributed by atoms with Gasteiger partial charge in [-0.1, -0.05) is 82.4 Å². The number of esters is 1. The second kappa shape index (κ2) is 14.4. The summed E-state index contributed by atoms with van der Waals surface area (Å²) in [5, 5.41) is 11.2. The van der Waals surface area contributed by atoms with Gasteiger partial charge in [0.1, 0.15) is 4.92 Å². The van der Waals surface area contributed by atoms with Gasteiger partial charge in [0.2, 0.25) is 11.6 Å². The Bertz CT molecular complexity index is 1260. The lowest BCUT2D eigenvalue weighted by Crippen LogP contribution is -2.37. The highest BCUT2D eigenvalue weighted by molar-refractivity contribution is 9.10. The number of furan rings is 1. The van der Waals surface area contributed by atoms with Crippen molar-refractivity contribution in [3.63, 3.8) is 0 Å². The fourth-order valence-electron chi connectivity index (χ4n) is 6.62. The van der Waals surface area contributed by atoms with E-state index in [0.717, 1.165) is 49.1 Å². The summed E-state index contributed by atoms with van der Waals surface area (Å²) in [4.78, 5) is 23.9. The van der Waals surface area contributed by atoms with Gasteiger partial charge < -0.3 is 18.2 Å². The van der Waals surface area contributed by atoms with Crippen molar-refractivity contribution in [2.24, 2.45) is 35.5 Å². The number of hydrogen-bond acceptors (Lipinski definition) is 8. The van der Waals surface area contributed by atoms with Crippen molar-refractivity contribution in [1.29, 1.82) is 0 Å². The van der Waals surface area contributed by atoms with Crippen LogP contribution in [0.1, 0.15) is 102 Å². The number of hydrogen-bond donors (Lipinski definition) is 0. The molecule has 9 nitrogen and oxygen atoms in total. The smallest absolute Gasteiger partial charge is 0.433 e. The Balaban J connectivity index is 1.79. The fraction of sp³-hybridized carbons (Fsp3) is 0.656. The van der Waals surface area contributed by atoms with E-state index in [1.54, 1.807) is 24.3 Å². The van der Waals surface area contributed by atoms with Crippen LogP contribution >= 0.6 is 23.5 Å². The maximum absolute atomic E-state index is 15.5. The van der Waals surface area contributed by atoms with E-state index in [0.29, 0.717) is 29.2 Å². The number of ether oxygens (including phenoxy) is 1. The molecule has 1 heterocycles. The first-order valence-corrected chi connectivity index (χ1v) is 17.8. The topological polar surface area (TPSA) is 118 Å². The van der Waals surface area contributed by atoms with E-state index in [2.05, 4.69) is 57.5 Å². The van der Waals surface area contributed by atoms with E-state index >= 15 is 4.57 Å². The highest BCUT2D eigenvalue weighted by atomic mass is 79.9. The lowest BCUT2D eigenvalue weighted by molar-refractivity contribution is -0.402. The Morgan fingerprint density at radius 2 is 1.42 bits per heavy atom. The zero-order valence-corrected chi connectivity index (χ0v) is 28.4. The van der Waals surface area contributed by atoms with E-state index in [-0.39, 0.29) is 29.8 Å². The number of nitro groups is 1. The summed E-state index contributed by atoms with van der Waals surface area (Å²) in [5.41, 5.74) is 0.441. The van der Waals surface area contributed by atoms with Crippen LogP contribution in [-0.2, 0) is 18.3 Å². The third kappa shape index (κ3) is 8.38. The van der Waals surface area contributed by atoms with Crippen LogP contribution in [0.15, 0.2) is 45.3 Å². The highest BCUT2D eigenvalue weighted by Gasteiger charge is 2.49. The first-order chi connectivity index (χ1) is 20.3. The number of rotatable bonds is 11. The molecule has 0 saturated heterocycles. The van der Waals surface area contributed by atoms with Crippen LogP contribution < -0.4 is 0 Å². The van der Waals surface area contributed by atoms with E-state index in [1.807, 2.05) is 0 Å². The van der Waals surface area contributed by atoms with Crippen molar-refractivity contribution in [3.8, 4) is 0 Å². The highest BCUT2D eigenvalue weighted by Crippen LogP contribution is 2.66. The van der Waals surface area contributed by atoms with Crippen molar-refractivity contribution in [1.82, 2.24) is 0 Å². The maximum Gasteiger partial charge on any atom is 0.433 e. The average Bonchev–Trinajstić information content (AvgIpc) is 3.43. The van der Waals surface area contributed by atoms with Gasteiger partial charge in [0.15, 0.2) is 0 Å². The molecule has 2 aliphatic rings. The molecule has 1 aromatic carbocycles. The zero-order valence-electron chi connectivity index (χ0n) is 25.9. The lowest BCUT2D eigenvalue weighted by atomic mass is 9.75. The number of carbonyl (C=O) groups is 1. The van der Waals surface area contributed by atoms with E-state index in [1.165, 1.54) is 6.07 Å². The molecule has 0 spiro atoms. The molecule has 2 saturated carbocycles. The molecular formula is C32H45BrNO8P.